The van der Waals surface area contributed by atoms with Crippen molar-refractivity contribution in [1.29, 1.82) is 0 Å². The van der Waals surface area contributed by atoms with E-state index in [1.165, 1.54) is 193 Å². The Morgan fingerprint density at radius 1 is 0.378 bits per heavy atom. The molecule has 0 amide bonds. The third-order valence-electron chi connectivity index (χ3n) is 14.9. The molecule has 0 saturated carbocycles. The van der Waals surface area contributed by atoms with Crippen LogP contribution in [0.15, 0.2) is 85.1 Å². The molecule has 0 fully saturated rings. The number of esters is 2. The van der Waals surface area contributed by atoms with Crippen LogP contribution >= 0.6 is 0 Å². The van der Waals surface area contributed by atoms with Crippen molar-refractivity contribution < 1.29 is 42.9 Å². The molecule has 0 aromatic carbocycles. The van der Waals surface area contributed by atoms with Crippen LogP contribution in [-0.4, -0.2) is 82.3 Å². The van der Waals surface area contributed by atoms with Crippen LogP contribution < -0.4 is 5.11 Å². The van der Waals surface area contributed by atoms with Crippen LogP contribution in [0.1, 0.15) is 303 Å². The lowest BCUT2D eigenvalue weighted by molar-refractivity contribution is -0.870. The van der Waals surface area contributed by atoms with Crippen molar-refractivity contribution in [3.8, 4) is 0 Å². The summed E-state index contributed by atoms with van der Waals surface area (Å²) < 4.78 is 22.8. The van der Waals surface area contributed by atoms with Gasteiger partial charge in [-0.05, 0) is 89.9 Å². The highest BCUT2D eigenvalue weighted by Crippen LogP contribution is 2.17. The number of likely N-dealkylation sites (N-methyl/N-ethyl adjacent to an activating group) is 1. The lowest BCUT2D eigenvalue weighted by atomic mass is 10.0. The lowest BCUT2D eigenvalue weighted by Crippen LogP contribution is -2.44. The first kappa shape index (κ1) is 78.5. The Morgan fingerprint density at radius 2 is 0.695 bits per heavy atom. The Balaban J connectivity index is 4.02. The molecule has 0 saturated heterocycles. The van der Waals surface area contributed by atoms with E-state index in [-0.39, 0.29) is 38.6 Å². The zero-order valence-corrected chi connectivity index (χ0v) is 54.1. The van der Waals surface area contributed by atoms with Crippen molar-refractivity contribution in [2.24, 2.45) is 0 Å². The smallest absolute Gasteiger partial charge is 0.306 e. The number of carbonyl (C=O) groups is 3. The van der Waals surface area contributed by atoms with Gasteiger partial charge in [-0.3, -0.25) is 9.59 Å². The first-order valence-corrected chi connectivity index (χ1v) is 34.2. The van der Waals surface area contributed by atoms with Crippen LogP contribution in [0.5, 0.6) is 0 Å². The summed E-state index contributed by atoms with van der Waals surface area (Å²) in [7, 11) is 5.93. The van der Waals surface area contributed by atoms with Gasteiger partial charge >= 0.3 is 11.9 Å². The summed E-state index contributed by atoms with van der Waals surface area (Å²) in [5.41, 5.74) is 0. The molecule has 0 aliphatic rings. The maximum atomic E-state index is 12.9. The van der Waals surface area contributed by atoms with E-state index in [1.54, 1.807) is 0 Å². The largest absolute Gasteiger partial charge is 0.545 e. The second-order valence-electron chi connectivity index (χ2n) is 24.1. The van der Waals surface area contributed by atoms with Crippen LogP contribution in [0.2, 0.25) is 0 Å². The van der Waals surface area contributed by atoms with Crippen molar-refractivity contribution in [3.63, 3.8) is 0 Å². The van der Waals surface area contributed by atoms with Gasteiger partial charge in [0, 0.05) is 12.8 Å². The van der Waals surface area contributed by atoms with Crippen LogP contribution in [-0.2, 0) is 33.3 Å². The summed E-state index contributed by atoms with van der Waals surface area (Å²) >= 11 is 0. The molecule has 0 bridgehead atoms. The molecule has 0 rings (SSSR count). The fourth-order valence-corrected chi connectivity index (χ4v) is 9.66. The predicted octanol–water partition coefficient (Wildman–Crippen LogP) is 19.7. The Morgan fingerprint density at radius 3 is 1.05 bits per heavy atom. The van der Waals surface area contributed by atoms with Crippen molar-refractivity contribution in [2.75, 3.05) is 47.5 Å². The van der Waals surface area contributed by atoms with E-state index >= 15 is 0 Å². The number of rotatable bonds is 63. The molecule has 0 radical (unpaired) electrons. The number of nitrogens with zero attached hydrogens (tertiary/aromatic N) is 1. The maximum absolute atomic E-state index is 12.9. The van der Waals surface area contributed by atoms with E-state index < -0.39 is 24.3 Å². The third kappa shape index (κ3) is 64.0. The summed E-state index contributed by atoms with van der Waals surface area (Å²) in [6.07, 6.45) is 82.4. The summed E-state index contributed by atoms with van der Waals surface area (Å²) in [5.74, 6) is -2.27. The highest BCUT2D eigenvalue weighted by molar-refractivity contribution is 5.70. The monoisotopic (exact) mass is 1150 g/mol. The summed E-state index contributed by atoms with van der Waals surface area (Å²) in [4.78, 5) is 37.4. The minimum absolute atomic E-state index is 0.147. The molecule has 0 aromatic heterocycles. The van der Waals surface area contributed by atoms with Crippen molar-refractivity contribution in [1.82, 2.24) is 0 Å². The average molecular weight is 1150 g/mol. The zero-order valence-electron chi connectivity index (χ0n) is 54.1. The van der Waals surface area contributed by atoms with Crippen molar-refractivity contribution >= 4 is 17.9 Å². The molecule has 0 aromatic rings. The first-order chi connectivity index (χ1) is 40.1. The van der Waals surface area contributed by atoms with Gasteiger partial charge in [-0.25, -0.2) is 0 Å². The normalized spacial score (nSPS) is 13.2. The minimum atomic E-state index is -1.62. The number of carbonyl (C=O) groups excluding carboxylic acids is 3. The molecule has 0 N–H and O–H groups in total. The molecule has 9 nitrogen and oxygen atoms in total. The minimum Gasteiger partial charge on any atom is -0.545 e. The third-order valence-corrected chi connectivity index (χ3v) is 14.9. The Kier molecular flexibility index (Phi) is 60.8. The molecular weight excluding hydrogens is 1020 g/mol. The summed E-state index contributed by atoms with van der Waals surface area (Å²) in [5, 5.41) is 11.8. The van der Waals surface area contributed by atoms with Gasteiger partial charge in [0.15, 0.2) is 12.4 Å². The number of allylic oxidation sites excluding steroid dienone is 14. The summed E-state index contributed by atoms with van der Waals surface area (Å²) in [6, 6.07) is 0. The van der Waals surface area contributed by atoms with Crippen molar-refractivity contribution in [3.05, 3.63) is 85.1 Å². The molecule has 474 valence electrons. The van der Waals surface area contributed by atoms with Crippen LogP contribution in [0.3, 0.4) is 0 Å². The number of quaternary nitrogens is 1. The highest BCUT2D eigenvalue weighted by Gasteiger charge is 2.22. The SMILES string of the molecule is CC/C=C\C/C=C\C/C=C\C/C=C\C/C=C\C/C=C\CCCCCCCCCCCCCCCCCCCCCCC(=O)OC(COC(=O)CCCCCCCCC/C=C\CCCCCCCCC)COC(OCC[N+](C)(C)C)C(=O)[O-]. The number of carboxylic acids is 1. The van der Waals surface area contributed by atoms with E-state index in [0.29, 0.717) is 17.4 Å². The average Bonchev–Trinajstić information content (AvgIpc) is 3.45. The maximum Gasteiger partial charge on any atom is 0.306 e. The number of unbranched alkanes of at least 4 members (excludes halogenated alkanes) is 34. The van der Waals surface area contributed by atoms with Crippen LogP contribution in [0, 0.1) is 0 Å². The Labute approximate surface area is 506 Å². The van der Waals surface area contributed by atoms with E-state index in [4.69, 9.17) is 18.9 Å². The quantitative estimate of drug-likeness (QED) is 0.0195. The number of carboxylic acid groups (broad SMARTS) is 1. The zero-order chi connectivity index (χ0) is 59.8. The van der Waals surface area contributed by atoms with Gasteiger partial charge in [0.25, 0.3) is 0 Å². The van der Waals surface area contributed by atoms with Gasteiger partial charge in [-0.2, -0.15) is 0 Å². The highest BCUT2D eigenvalue weighted by atomic mass is 16.7. The van der Waals surface area contributed by atoms with Gasteiger partial charge in [-0.1, -0.05) is 285 Å². The van der Waals surface area contributed by atoms with Crippen LogP contribution in [0.25, 0.3) is 0 Å². The second kappa shape index (κ2) is 63.5. The molecule has 0 heterocycles. The second-order valence-corrected chi connectivity index (χ2v) is 24.1. The number of hydrogen-bond donors (Lipinski definition) is 0. The number of hydrogen-bond acceptors (Lipinski definition) is 8. The van der Waals surface area contributed by atoms with E-state index in [9.17, 15) is 19.5 Å². The fraction of sp³-hybridized carbons (Fsp3) is 0.767. The molecule has 0 aliphatic carbocycles. The van der Waals surface area contributed by atoms with Gasteiger partial charge in [0.1, 0.15) is 13.2 Å². The van der Waals surface area contributed by atoms with Gasteiger partial charge in [-0.15, -0.1) is 0 Å². The molecule has 82 heavy (non-hydrogen) atoms. The predicted molar refractivity (Wildman–Crippen MR) is 348 cm³/mol. The molecule has 2 atom stereocenters. The van der Waals surface area contributed by atoms with Crippen molar-refractivity contribution in [2.45, 2.75) is 315 Å². The molecule has 0 aliphatic heterocycles. The van der Waals surface area contributed by atoms with Gasteiger partial charge < -0.3 is 33.3 Å². The molecule has 2 unspecified atom stereocenters. The number of aliphatic carboxylic acids is 1. The molecular formula is C73H129NO8. The Hall–Kier alpha value is -3.53. The topological polar surface area (TPSA) is 111 Å². The fourth-order valence-electron chi connectivity index (χ4n) is 9.66. The van der Waals surface area contributed by atoms with E-state index in [1.807, 2.05) is 21.1 Å². The Bertz CT molecular complexity index is 1620. The number of ether oxygens (including phenoxy) is 4. The first-order valence-electron chi connectivity index (χ1n) is 34.2. The molecule has 0 spiro atoms. The lowest BCUT2D eigenvalue weighted by Gasteiger charge is -2.26. The molecule has 9 heteroatoms. The van der Waals surface area contributed by atoms with Gasteiger partial charge in [0.2, 0.25) is 0 Å². The van der Waals surface area contributed by atoms with Gasteiger partial charge in [0.05, 0.1) is 40.3 Å². The van der Waals surface area contributed by atoms with Crippen LogP contribution in [0.4, 0.5) is 0 Å². The summed E-state index contributed by atoms with van der Waals surface area (Å²) in [6.45, 7) is 4.66. The van der Waals surface area contributed by atoms with E-state index in [0.717, 1.165) is 77.0 Å². The standard InChI is InChI=1S/C73H129NO8/c1-6-8-10-12-14-16-18-20-22-24-26-27-28-29-30-31-32-33-34-35-36-37-38-39-40-41-42-43-44-45-46-48-50-52-54-56-58-60-62-64-71(76)82-69(68-81-73(72(77)78)79-66-65-74(3,4)5)67-80-70(75)63-61-59-57-55-53-51-49-47-25-23-21-19-17-15-13-11-9-7-2/h8,10,14,16,20,22-23,25-27,29-30,32-33,69,73H,6-7,9,11-13,15,17-19,21,24,28,31,34-68H2,1-5H3/b10-8-,16-14-,22-20-,25-23-,27-26-,30-29-,33-32-. The van der Waals surface area contributed by atoms with E-state index in [2.05, 4.69) is 98.9 Å².